The second-order valence-electron chi connectivity index (χ2n) is 4.33. The normalized spacial score (nSPS) is 12.2. The monoisotopic (exact) mass is 358 g/mol. The summed E-state index contributed by atoms with van der Waals surface area (Å²) in [6, 6.07) is 1.61. The zero-order chi connectivity index (χ0) is 15.1. The van der Waals surface area contributed by atoms with Crippen molar-refractivity contribution in [3.05, 3.63) is 27.4 Å². The number of hydrogen-bond acceptors (Lipinski definition) is 6. The number of rotatable bonds is 3. The Hall–Kier alpha value is -1.28. The minimum atomic E-state index is -0.0542. The van der Waals surface area contributed by atoms with Gasteiger partial charge in [0.2, 0.25) is 0 Å². The molecule has 0 fully saturated rings. The summed E-state index contributed by atoms with van der Waals surface area (Å²) in [5, 5.41) is 4.65. The molecular formula is C12H8Cl2N4OS2. The summed E-state index contributed by atoms with van der Waals surface area (Å²) >= 11 is 14.6. The number of nitrogens with zero attached hydrogens (tertiary/aromatic N) is 3. The molecule has 0 aliphatic carbocycles. The van der Waals surface area contributed by atoms with Gasteiger partial charge in [-0.1, -0.05) is 23.2 Å². The molecule has 0 saturated heterocycles. The van der Waals surface area contributed by atoms with Crippen LogP contribution >= 0.6 is 34.7 Å². The molecule has 1 aromatic carbocycles. The van der Waals surface area contributed by atoms with E-state index in [1.54, 1.807) is 13.0 Å². The molecular weight excluding hydrogens is 351 g/mol. The molecule has 108 valence electrons. The standard InChI is InChI=1S/C12H8Cl2N4OS2/c1-4-8(5(2)19)12(20-16-4)15-9-6(13)3-7(14)10-11(9)18-21-17-10/h3,15H,1-2H3. The van der Waals surface area contributed by atoms with Crippen LogP contribution in [0.25, 0.3) is 0 Å². The van der Waals surface area contributed by atoms with Gasteiger partial charge in [-0.05, 0) is 31.4 Å². The molecule has 0 saturated carbocycles. The van der Waals surface area contributed by atoms with E-state index in [1.165, 1.54) is 18.5 Å². The lowest BCUT2D eigenvalue weighted by molar-refractivity contribution is 0.101. The number of ketones is 1. The van der Waals surface area contributed by atoms with Crippen molar-refractivity contribution in [1.82, 2.24) is 4.37 Å². The summed E-state index contributed by atoms with van der Waals surface area (Å²) in [5.41, 5.74) is 2.99. The van der Waals surface area contributed by atoms with E-state index in [2.05, 4.69) is 18.4 Å². The van der Waals surface area contributed by atoms with Gasteiger partial charge < -0.3 is 5.32 Å². The van der Waals surface area contributed by atoms with Gasteiger partial charge in [0.1, 0.15) is 16.4 Å². The zero-order valence-corrected chi connectivity index (χ0v) is 14.0. The topological polar surface area (TPSA) is 66.7 Å². The number of carbonyl (C=O) groups excluding carboxylic acids is 1. The first-order valence-electron chi connectivity index (χ1n) is 5.83. The van der Waals surface area contributed by atoms with Gasteiger partial charge in [-0.2, -0.15) is 13.1 Å². The highest BCUT2D eigenvalue weighted by molar-refractivity contribution is 7.58. The first-order chi connectivity index (χ1) is 9.99. The minimum absolute atomic E-state index is 0.0542. The number of carbonyl (C=O) groups is 1. The lowest BCUT2D eigenvalue weighted by Gasteiger charge is -2.11. The Morgan fingerprint density at radius 1 is 1.24 bits per heavy atom. The Morgan fingerprint density at radius 3 is 2.67 bits per heavy atom. The number of halogens is 2. The molecule has 3 rings (SSSR count). The molecule has 0 atom stereocenters. The van der Waals surface area contributed by atoms with Crippen LogP contribution < -0.4 is 5.32 Å². The molecule has 5 nitrogen and oxygen atoms in total. The van der Waals surface area contributed by atoms with E-state index in [4.69, 9.17) is 23.2 Å². The van der Waals surface area contributed by atoms with Gasteiger partial charge in [-0.3, -0.25) is 4.79 Å². The average molecular weight is 359 g/mol. The summed E-state index contributed by atoms with van der Waals surface area (Å²) in [6.07, 6.45) is 0. The van der Waals surface area contributed by atoms with E-state index < -0.39 is 0 Å². The average Bonchev–Trinajstić information content (AvgIpc) is 3.01. The number of Topliss-reactive ketones (excluding diaryl/α,β-unsaturated/α-hetero) is 1. The van der Waals surface area contributed by atoms with Crippen LogP contribution in [0.4, 0.5) is 22.1 Å². The molecule has 0 amide bonds. The molecule has 0 unspecified atom stereocenters. The molecule has 1 aliphatic rings. The molecule has 2 aromatic rings. The second kappa shape index (κ2) is 5.49. The third-order valence-corrected chi connectivity index (χ3v) is 4.87. The SMILES string of the molecule is CC(=O)c1c(C)nsc1Nc1c(Cl)cc(Cl)c2c1N=S=N2. The third kappa shape index (κ3) is 2.50. The van der Waals surface area contributed by atoms with Crippen molar-refractivity contribution in [2.24, 2.45) is 8.73 Å². The first kappa shape index (κ1) is 14.6. The number of anilines is 2. The molecule has 21 heavy (non-hydrogen) atoms. The predicted octanol–water partition coefficient (Wildman–Crippen LogP) is 5.43. The Labute approximate surface area is 138 Å². The summed E-state index contributed by atoms with van der Waals surface area (Å²) < 4.78 is 12.6. The Morgan fingerprint density at radius 2 is 1.95 bits per heavy atom. The van der Waals surface area contributed by atoms with Crippen molar-refractivity contribution >= 4 is 73.9 Å². The number of hydrogen-bond donors (Lipinski definition) is 1. The van der Waals surface area contributed by atoms with Gasteiger partial charge in [0.25, 0.3) is 0 Å². The Kier molecular flexibility index (Phi) is 3.83. The van der Waals surface area contributed by atoms with Gasteiger partial charge in [-0.25, -0.2) is 0 Å². The van der Waals surface area contributed by atoms with E-state index in [9.17, 15) is 4.79 Å². The number of nitrogens with one attached hydrogen (secondary N) is 1. The van der Waals surface area contributed by atoms with Crippen LogP contribution in [0, 0.1) is 6.92 Å². The number of fused-ring (bicyclic) bond motifs is 1. The maximum Gasteiger partial charge on any atom is 0.164 e. The summed E-state index contributed by atoms with van der Waals surface area (Å²) in [7, 11) is 0. The van der Waals surface area contributed by atoms with Crippen molar-refractivity contribution in [2.75, 3.05) is 5.32 Å². The van der Waals surface area contributed by atoms with Gasteiger partial charge in [0.15, 0.2) is 5.78 Å². The lowest BCUT2D eigenvalue weighted by Crippen LogP contribution is -1.99. The van der Waals surface area contributed by atoms with Crippen molar-refractivity contribution in [1.29, 1.82) is 0 Å². The van der Waals surface area contributed by atoms with Gasteiger partial charge in [0.05, 0.1) is 38.3 Å². The number of aromatic nitrogens is 1. The minimum Gasteiger partial charge on any atom is -0.342 e. The van der Waals surface area contributed by atoms with Crippen LogP contribution in [0.1, 0.15) is 23.0 Å². The maximum absolute atomic E-state index is 11.7. The molecule has 1 aliphatic heterocycles. The number of benzene rings is 1. The molecule has 1 aromatic heterocycles. The van der Waals surface area contributed by atoms with E-state index >= 15 is 0 Å². The molecule has 0 radical (unpaired) electrons. The summed E-state index contributed by atoms with van der Waals surface area (Å²) in [6.45, 7) is 3.30. The van der Waals surface area contributed by atoms with Crippen molar-refractivity contribution in [3.63, 3.8) is 0 Å². The van der Waals surface area contributed by atoms with Crippen LogP contribution in [0.3, 0.4) is 0 Å². The summed E-state index contributed by atoms with van der Waals surface area (Å²) in [4.78, 5) is 11.7. The van der Waals surface area contributed by atoms with Gasteiger partial charge in [0, 0.05) is 0 Å². The van der Waals surface area contributed by atoms with Crippen molar-refractivity contribution in [3.8, 4) is 0 Å². The largest absolute Gasteiger partial charge is 0.342 e. The van der Waals surface area contributed by atoms with Crippen LogP contribution in [-0.2, 0) is 11.4 Å². The predicted molar refractivity (Wildman–Crippen MR) is 88.1 cm³/mol. The fraction of sp³-hybridized carbons (Fsp3) is 0.167. The third-order valence-electron chi connectivity index (χ3n) is 2.90. The van der Waals surface area contributed by atoms with Crippen LogP contribution in [0.2, 0.25) is 10.0 Å². The zero-order valence-electron chi connectivity index (χ0n) is 10.9. The Bertz CT molecular complexity index is 840. The van der Waals surface area contributed by atoms with Gasteiger partial charge in [-0.15, -0.1) is 0 Å². The van der Waals surface area contributed by atoms with Crippen LogP contribution in [0.15, 0.2) is 14.8 Å². The lowest BCUT2D eigenvalue weighted by atomic mass is 10.1. The fourth-order valence-corrected chi connectivity index (χ4v) is 3.99. The van der Waals surface area contributed by atoms with Gasteiger partial charge >= 0.3 is 0 Å². The number of aryl methyl sites for hydroxylation is 1. The quantitative estimate of drug-likeness (QED) is 0.634. The van der Waals surface area contributed by atoms with Crippen LogP contribution in [0.5, 0.6) is 0 Å². The molecule has 2 heterocycles. The maximum atomic E-state index is 11.7. The smallest absolute Gasteiger partial charge is 0.164 e. The van der Waals surface area contributed by atoms with Crippen LogP contribution in [-0.4, -0.2) is 10.2 Å². The summed E-state index contributed by atoms with van der Waals surface area (Å²) in [5.74, 6) is -0.0542. The highest BCUT2D eigenvalue weighted by Gasteiger charge is 2.22. The van der Waals surface area contributed by atoms with Crippen molar-refractivity contribution in [2.45, 2.75) is 13.8 Å². The molecule has 0 spiro atoms. The highest BCUT2D eigenvalue weighted by Crippen LogP contribution is 2.49. The second-order valence-corrected chi connectivity index (χ2v) is 6.45. The first-order valence-corrected chi connectivity index (χ1v) is 8.09. The molecule has 1 N–H and O–H groups in total. The van der Waals surface area contributed by atoms with E-state index in [-0.39, 0.29) is 5.78 Å². The highest BCUT2D eigenvalue weighted by atomic mass is 35.5. The molecule has 9 heteroatoms. The molecule has 0 bridgehead atoms. The van der Waals surface area contributed by atoms with E-state index in [0.29, 0.717) is 43.4 Å². The Balaban J connectivity index is 2.11. The van der Waals surface area contributed by atoms with E-state index in [1.807, 2.05) is 0 Å². The van der Waals surface area contributed by atoms with E-state index in [0.717, 1.165) is 11.4 Å². The van der Waals surface area contributed by atoms with Crippen molar-refractivity contribution < 1.29 is 4.79 Å². The fourth-order valence-electron chi connectivity index (χ4n) is 1.98.